The molecule has 0 spiro atoms. The van der Waals surface area contributed by atoms with Crippen molar-refractivity contribution < 1.29 is 4.74 Å². The lowest BCUT2D eigenvalue weighted by molar-refractivity contribution is 0.475. The van der Waals surface area contributed by atoms with Crippen LogP contribution in [0.5, 0.6) is 11.5 Å². The number of nitrogens with zero attached hydrogens (tertiary/aromatic N) is 1. The summed E-state index contributed by atoms with van der Waals surface area (Å²) < 4.78 is 5.74. The van der Waals surface area contributed by atoms with Crippen molar-refractivity contribution in [2.24, 2.45) is 5.73 Å². The van der Waals surface area contributed by atoms with Crippen molar-refractivity contribution in [3.63, 3.8) is 0 Å². The molecule has 0 fully saturated rings. The van der Waals surface area contributed by atoms with Crippen molar-refractivity contribution in [1.82, 2.24) is 4.98 Å². The van der Waals surface area contributed by atoms with Crippen LogP contribution in [0.1, 0.15) is 24.2 Å². The zero-order valence-electron chi connectivity index (χ0n) is 10.1. The van der Waals surface area contributed by atoms with E-state index in [1.807, 2.05) is 50.2 Å². The Bertz CT molecular complexity index is 492. The molecule has 0 saturated carbocycles. The molecule has 2 aromatic rings. The number of pyridine rings is 1. The van der Waals surface area contributed by atoms with Crippen LogP contribution in [0.3, 0.4) is 0 Å². The van der Waals surface area contributed by atoms with Gasteiger partial charge in [-0.25, -0.2) is 0 Å². The number of aromatic nitrogens is 1. The quantitative estimate of drug-likeness (QED) is 0.877. The number of hydrogen-bond donors (Lipinski definition) is 1. The summed E-state index contributed by atoms with van der Waals surface area (Å²) >= 11 is 0. The van der Waals surface area contributed by atoms with Crippen LogP contribution in [0.25, 0.3) is 0 Å². The summed E-state index contributed by atoms with van der Waals surface area (Å²) in [7, 11) is 0. The molecule has 0 saturated heterocycles. The van der Waals surface area contributed by atoms with E-state index in [4.69, 9.17) is 10.5 Å². The molecule has 0 aliphatic carbocycles. The van der Waals surface area contributed by atoms with Gasteiger partial charge in [0.2, 0.25) is 0 Å². The summed E-state index contributed by atoms with van der Waals surface area (Å²) in [4.78, 5) is 4.18. The zero-order valence-corrected chi connectivity index (χ0v) is 10.1. The van der Waals surface area contributed by atoms with Crippen LogP contribution in [0, 0.1) is 6.92 Å². The Morgan fingerprint density at radius 3 is 2.47 bits per heavy atom. The number of nitrogens with two attached hydrogens (primary N) is 1. The second kappa shape index (κ2) is 4.97. The summed E-state index contributed by atoms with van der Waals surface area (Å²) in [5, 5.41) is 0. The van der Waals surface area contributed by atoms with E-state index in [0.29, 0.717) is 0 Å². The Morgan fingerprint density at radius 2 is 1.88 bits per heavy atom. The molecule has 0 radical (unpaired) electrons. The van der Waals surface area contributed by atoms with Crippen molar-refractivity contribution >= 4 is 0 Å². The second-order valence-electron chi connectivity index (χ2n) is 4.05. The highest BCUT2D eigenvalue weighted by molar-refractivity contribution is 5.35. The van der Waals surface area contributed by atoms with E-state index in [-0.39, 0.29) is 6.04 Å². The van der Waals surface area contributed by atoms with E-state index in [9.17, 15) is 0 Å². The Labute approximate surface area is 101 Å². The number of hydrogen-bond acceptors (Lipinski definition) is 3. The number of aryl methyl sites for hydroxylation is 1. The van der Waals surface area contributed by atoms with Gasteiger partial charge in [0.05, 0.1) is 5.69 Å². The molecule has 3 nitrogen and oxygen atoms in total. The maximum absolute atomic E-state index is 5.79. The van der Waals surface area contributed by atoms with Gasteiger partial charge >= 0.3 is 0 Å². The smallest absolute Gasteiger partial charge is 0.148 e. The average molecular weight is 228 g/mol. The lowest BCUT2D eigenvalue weighted by Gasteiger charge is -2.09. The SMILES string of the molecule is Cc1ncccc1Oc1ccc(C(C)N)cc1. The molecule has 0 bridgehead atoms. The first-order chi connectivity index (χ1) is 8.16. The molecule has 17 heavy (non-hydrogen) atoms. The van der Waals surface area contributed by atoms with E-state index < -0.39 is 0 Å². The highest BCUT2D eigenvalue weighted by Gasteiger charge is 2.03. The molecule has 1 unspecified atom stereocenters. The van der Waals surface area contributed by atoms with Gasteiger partial charge in [-0.05, 0) is 43.7 Å². The summed E-state index contributed by atoms with van der Waals surface area (Å²) in [5.74, 6) is 1.58. The van der Waals surface area contributed by atoms with Crippen LogP contribution in [-0.4, -0.2) is 4.98 Å². The Morgan fingerprint density at radius 1 is 1.18 bits per heavy atom. The molecule has 0 amide bonds. The highest BCUT2D eigenvalue weighted by atomic mass is 16.5. The highest BCUT2D eigenvalue weighted by Crippen LogP contribution is 2.24. The predicted molar refractivity (Wildman–Crippen MR) is 68.1 cm³/mol. The van der Waals surface area contributed by atoms with Crippen molar-refractivity contribution in [3.8, 4) is 11.5 Å². The van der Waals surface area contributed by atoms with Gasteiger partial charge in [-0.3, -0.25) is 4.98 Å². The van der Waals surface area contributed by atoms with E-state index in [1.165, 1.54) is 0 Å². The maximum Gasteiger partial charge on any atom is 0.148 e. The molecule has 88 valence electrons. The van der Waals surface area contributed by atoms with Gasteiger partial charge in [0.15, 0.2) is 0 Å². The third-order valence-corrected chi connectivity index (χ3v) is 2.59. The molecule has 1 aromatic heterocycles. The molecule has 3 heteroatoms. The Balaban J connectivity index is 2.17. The largest absolute Gasteiger partial charge is 0.455 e. The fraction of sp³-hybridized carbons (Fsp3) is 0.214. The Kier molecular flexibility index (Phi) is 3.40. The zero-order chi connectivity index (χ0) is 12.3. The average Bonchev–Trinajstić information content (AvgIpc) is 2.33. The third kappa shape index (κ3) is 2.82. The minimum atomic E-state index is 0.0455. The van der Waals surface area contributed by atoms with Gasteiger partial charge in [0.1, 0.15) is 11.5 Å². The fourth-order valence-corrected chi connectivity index (χ4v) is 1.54. The molecule has 0 aliphatic heterocycles. The van der Waals surface area contributed by atoms with Gasteiger partial charge in [-0.2, -0.15) is 0 Å². The molecular formula is C14H16N2O. The summed E-state index contributed by atoms with van der Waals surface area (Å²) in [6.07, 6.45) is 1.75. The first kappa shape index (κ1) is 11.6. The summed E-state index contributed by atoms with van der Waals surface area (Å²) in [6, 6.07) is 11.6. The minimum absolute atomic E-state index is 0.0455. The van der Waals surface area contributed by atoms with E-state index in [1.54, 1.807) is 6.20 Å². The van der Waals surface area contributed by atoms with E-state index in [2.05, 4.69) is 4.98 Å². The second-order valence-corrected chi connectivity index (χ2v) is 4.05. The number of benzene rings is 1. The molecule has 1 atom stereocenters. The van der Waals surface area contributed by atoms with Crippen LogP contribution in [0.15, 0.2) is 42.6 Å². The fourth-order valence-electron chi connectivity index (χ4n) is 1.54. The van der Waals surface area contributed by atoms with Gasteiger partial charge in [-0.1, -0.05) is 12.1 Å². The number of ether oxygens (including phenoxy) is 1. The summed E-state index contributed by atoms with van der Waals surface area (Å²) in [6.45, 7) is 3.88. The van der Waals surface area contributed by atoms with Crippen LogP contribution < -0.4 is 10.5 Å². The van der Waals surface area contributed by atoms with Crippen LogP contribution >= 0.6 is 0 Å². The monoisotopic (exact) mass is 228 g/mol. The van der Waals surface area contributed by atoms with Crippen LogP contribution in [0.4, 0.5) is 0 Å². The molecule has 0 aliphatic rings. The topological polar surface area (TPSA) is 48.1 Å². The lowest BCUT2D eigenvalue weighted by Crippen LogP contribution is -2.04. The van der Waals surface area contributed by atoms with Crippen molar-refractivity contribution in [3.05, 3.63) is 53.9 Å². The number of rotatable bonds is 3. The normalized spacial score (nSPS) is 12.2. The van der Waals surface area contributed by atoms with Crippen LogP contribution in [-0.2, 0) is 0 Å². The lowest BCUT2D eigenvalue weighted by atomic mass is 10.1. The first-order valence-electron chi connectivity index (χ1n) is 5.62. The van der Waals surface area contributed by atoms with E-state index >= 15 is 0 Å². The standard InChI is InChI=1S/C14H16N2O/c1-10(15)12-5-7-13(8-6-12)17-14-4-3-9-16-11(14)2/h3-10H,15H2,1-2H3. The van der Waals surface area contributed by atoms with Gasteiger partial charge < -0.3 is 10.5 Å². The maximum atomic E-state index is 5.79. The van der Waals surface area contributed by atoms with E-state index in [0.717, 1.165) is 22.8 Å². The molecular weight excluding hydrogens is 212 g/mol. The van der Waals surface area contributed by atoms with Gasteiger partial charge in [-0.15, -0.1) is 0 Å². The third-order valence-electron chi connectivity index (χ3n) is 2.59. The van der Waals surface area contributed by atoms with Gasteiger partial charge in [0.25, 0.3) is 0 Å². The molecule has 1 aromatic carbocycles. The first-order valence-corrected chi connectivity index (χ1v) is 5.62. The predicted octanol–water partition coefficient (Wildman–Crippen LogP) is 3.20. The molecule has 2 N–H and O–H groups in total. The summed E-state index contributed by atoms with van der Waals surface area (Å²) in [5.41, 5.74) is 7.77. The van der Waals surface area contributed by atoms with Gasteiger partial charge in [0, 0.05) is 12.2 Å². The minimum Gasteiger partial charge on any atom is -0.455 e. The molecule has 1 heterocycles. The van der Waals surface area contributed by atoms with Crippen molar-refractivity contribution in [1.29, 1.82) is 0 Å². The van der Waals surface area contributed by atoms with Crippen molar-refractivity contribution in [2.75, 3.05) is 0 Å². The molecule has 2 rings (SSSR count). The van der Waals surface area contributed by atoms with Crippen molar-refractivity contribution in [2.45, 2.75) is 19.9 Å². The van der Waals surface area contributed by atoms with Crippen LogP contribution in [0.2, 0.25) is 0 Å². The Hall–Kier alpha value is -1.87.